The first-order valence-electron chi connectivity index (χ1n) is 23.8. The monoisotopic (exact) mass is 931 g/mol. The van der Waals surface area contributed by atoms with E-state index in [4.69, 9.17) is 0 Å². The number of hydrogen-bond donors (Lipinski definition) is 4. The predicted molar refractivity (Wildman–Crippen MR) is 239 cm³/mol. The summed E-state index contributed by atoms with van der Waals surface area (Å²) < 4.78 is 33.5. The van der Waals surface area contributed by atoms with E-state index in [1.807, 2.05) is 4.90 Å². The van der Waals surface area contributed by atoms with Gasteiger partial charge in [0.2, 0.25) is 23.6 Å². The molecule has 8 heterocycles. The molecular weight excluding hydrogens is 873 g/mol. The highest BCUT2D eigenvalue weighted by atomic mass is 32.1. The molecule has 2 saturated carbocycles. The summed E-state index contributed by atoms with van der Waals surface area (Å²) in [4.78, 5) is 86.2. The molecule has 3 aromatic rings. The van der Waals surface area contributed by atoms with E-state index in [0.717, 1.165) is 63.9 Å². The highest BCUT2D eigenvalue weighted by Crippen LogP contribution is 2.49. The normalized spacial score (nSPS) is 29.6. The van der Waals surface area contributed by atoms with E-state index >= 15 is 8.78 Å². The number of piperidine rings is 2. The van der Waals surface area contributed by atoms with Gasteiger partial charge in [0.1, 0.15) is 12.2 Å². The number of nitrogens with one attached hydrogen (secondary N) is 3. The molecule has 4 saturated heterocycles. The van der Waals surface area contributed by atoms with Crippen molar-refractivity contribution in [3.05, 3.63) is 47.4 Å². The van der Waals surface area contributed by atoms with Gasteiger partial charge in [0, 0.05) is 100.0 Å². The number of hydrogen-bond acceptors (Lipinski definition) is 13. The summed E-state index contributed by atoms with van der Waals surface area (Å²) in [6.45, 7) is 4.32. The molecule has 0 radical (unpaired) electrons. The maximum atomic E-state index is 16.3. The minimum atomic E-state index is -1.20. The number of aliphatic hydroxyl groups is 1. The number of thiazole rings is 1. The van der Waals surface area contributed by atoms with Crippen molar-refractivity contribution in [3.8, 4) is 0 Å². The summed E-state index contributed by atoms with van der Waals surface area (Å²) in [5.74, 6) is -2.30. The Bertz CT molecular complexity index is 2310. The summed E-state index contributed by atoms with van der Waals surface area (Å²) in [6, 6.07) is 0.0530. The molecule has 0 aromatic carbocycles. The molecule has 354 valence electrons. The Kier molecular flexibility index (Phi) is 12.6. The van der Waals surface area contributed by atoms with Gasteiger partial charge in [-0.25, -0.2) is 23.7 Å². The number of aromatic nitrogens is 4. The lowest BCUT2D eigenvalue weighted by atomic mass is 9.66. The van der Waals surface area contributed by atoms with Gasteiger partial charge in [-0.1, -0.05) is 0 Å². The first-order valence-corrected chi connectivity index (χ1v) is 24.7. The van der Waals surface area contributed by atoms with Crippen LogP contribution in [0.1, 0.15) is 94.5 Å². The molecule has 20 heteroatoms. The quantitative estimate of drug-likeness (QED) is 0.204. The maximum Gasteiger partial charge on any atom is 0.255 e. The number of fused-ring (bicyclic) bond motifs is 2. The summed E-state index contributed by atoms with van der Waals surface area (Å²) in [7, 11) is 0. The van der Waals surface area contributed by atoms with Gasteiger partial charge >= 0.3 is 0 Å². The number of nitrogens with zero attached hydrogens (tertiary/aromatic N) is 8. The highest BCUT2D eigenvalue weighted by Gasteiger charge is 2.54. The molecular formula is C46H59F2N11O6S. The van der Waals surface area contributed by atoms with Crippen molar-refractivity contribution in [2.75, 3.05) is 61.3 Å². The summed E-state index contributed by atoms with van der Waals surface area (Å²) in [5.41, 5.74) is 0.673. The van der Waals surface area contributed by atoms with E-state index in [0.29, 0.717) is 73.9 Å². The molecule has 5 amide bonds. The van der Waals surface area contributed by atoms with E-state index in [1.54, 1.807) is 27.7 Å². The van der Waals surface area contributed by atoms with E-state index in [1.165, 1.54) is 23.6 Å². The first kappa shape index (κ1) is 44.7. The summed E-state index contributed by atoms with van der Waals surface area (Å²) in [6.07, 6.45) is 11.5. The number of amides is 5. The number of rotatable bonds is 11. The number of alkyl halides is 1. The molecule has 66 heavy (non-hydrogen) atoms. The fourth-order valence-corrected chi connectivity index (χ4v) is 12.7. The molecule has 6 atom stereocenters. The third-order valence-electron chi connectivity index (χ3n) is 15.8. The Hall–Kier alpha value is -5.08. The number of piperazine rings is 1. The Morgan fingerprint density at radius 3 is 2.47 bits per heavy atom. The average Bonchev–Trinajstić information content (AvgIpc) is 4.13. The van der Waals surface area contributed by atoms with Crippen molar-refractivity contribution in [2.45, 2.75) is 120 Å². The molecule has 7 aliphatic rings. The van der Waals surface area contributed by atoms with Crippen molar-refractivity contribution in [1.29, 1.82) is 0 Å². The summed E-state index contributed by atoms with van der Waals surface area (Å²) in [5, 5.41) is 21.8. The Balaban J connectivity index is 0.679. The van der Waals surface area contributed by atoms with Crippen molar-refractivity contribution < 1.29 is 37.9 Å². The molecule has 3 aromatic heterocycles. The molecule has 10 rings (SSSR count). The molecule has 0 bridgehead atoms. The van der Waals surface area contributed by atoms with Crippen molar-refractivity contribution in [1.82, 2.24) is 39.5 Å². The first-order chi connectivity index (χ1) is 31.9. The average molecular weight is 932 g/mol. The predicted octanol–water partition coefficient (Wildman–Crippen LogP) is 3.66. The minimum absolute atomic E-state index is 0.00165. The van der Waals surface area contributed by atoms with Crippen molar-refractivity contribution in [3.63, 3.8) is 0 Å². The van der Waals surface area contributed by atoms with Gasteiger partial charge in [-0.05, 0) is 82.5 Å². The second-order valence-corrected chi connectivity index (χ2v) is 20.6. The SMILES string of the molecule is O=C1CCC(Nc2cnc(N3CCC(O)(CC(=O)N4CCN(C5CCC(C6CC(F)C7CN(C(C(=O)Nc8nccs8)c8ncn9c8CCC9)C(=O)C7C6)CC5)CC4)CC3)c(F)c2)C(=O)N1. The zero-order valence-corrected chi connectivity index (χ0v) is 37.9. The van der Waals surface area contributed by atoms with Gasteiger partial charge in [0.15, 0.2) is 22.8 Å². The number of likely N-dealkylation sites (tertiary alicyclic amines) is 1. The van der Waals surface area contributed by atoms with Gasteiger partial charge in [0.25, 0.3) is 5.91 Å². The Labute approximate surface area is 386 Å². The largest absolute Gasteiger partial charge is 0.389 e. The van der Waals surface area contributed by atoms with E-state index in [9.17, 15) is 29.1 Å². The molecule has 0 spiro atoms. The zero-order valence-electron chi connectivity index (χ0n) is 37.1. The number of halogens is 2. The maximum absolute atomic E-state index is 16.3. The molecule has 6 unspecified atom stereocenters. The fraction of sp³-hybridized carbons (Fsp3) is 0.652. The van der Waals surface area contributed by atoms with Crippen LogP contribution in [-0.4, -0.2) is 139 Å². The van der Waals surface area contributed by atoms with Crippen LogP contribution in [0.3, 0.4) is 0 Å². The van der Waals surface area contributed by atoms with Crippen LogP contribution in [-0.2, 0) is 36.9 Å². The van der Waals surface area contributed by atoms with Gasteiger partial charge in [-0.2, -0.15) is 0 Å². The molecule has 6 fully saturated rings. The van der Waals surface area contributed by atoms with E-state index in [2.05, 4.69) is 40.4 Å². The Morgan fingerprint density at radius 2 is 1.74 bits per heavy atom. The van der Waals surface area contributed by atoms with Crippen LogP contribution in [0.4, 0.5) is 25.4 Å². The van der Waals surface area contributed by atoms with Crippen LogP contribution in [0, 0.1) is 29.5 Å². The van der Waals surface area contributed by atoms with Gasteiger partial charge in [-0.15, -0.1) is 11.3 Å². The van der Waals surface area contributed by atoms with Crippen LogP contribution in [0.2, 0.25) is 0 Å². The van der Waals surface area contributed by atoms with Crippen LogP contribution < -0.4 is 20.9 Å². The fourth-order valence-electron chi connectivity index (χ4n) is 12.1. The molecule has 17 nitrogen and oxygen atoms in total. The lowest BCUT2D eigenvalue weighted by molar-refractivity contribution is -0.139. The lowest BCUT2D eigenvalue weighted by Crippen LogP contribution is -2.54. The van der Waals surface area contributed by atoms with Gasteiger partial charge < -0.3 is 29.7 Å². The standard InChI is InChI=1S/C46H59F2N11O6S/c47-33-21-28(20-31-32(33)25-59(44(31)64)40(43(63)54-45-49-11-19-66-45)39-36-2-1-12-58(36)26-51-39)27-3-5-30(6-4-27)55-15-17-56(18-16-55)38(61)23-46(65)9-13-57(14-10-46)41-34(48)22-29(24-50-41)52-35-7-8-37(60)53-42(35)62/h11,19,22,24,26-28,30-33,35,40,52,65H,1-10,12-18,20-21,23,25H2,(H,49,54,63)(H,53,60,62). The molecule has 4 N–H and O–H groups in total. The topological polar surface area (TPSA) is 198 Å². The van der Waals surface area contributed by atoms with Crippen LogP contribution in [0.15, 0.2) is 30.2 Å². The number of pyridine rings is 1. The van der Waals surface area contributed by atoms with Crippen molar-refractivity contribution in [2.24, 2.45) is 23.7 Å². The van der Waals surface area contributed by atoms with E-state index in [-0.39, 0.29) is 67.6 Å². The number of imide groups is 1. The van der Waals surface area contributed by atoms with Crippen LogP contribution in [0.5, 0.6) is 0 Å². The van der Waals surface area contributed by atoms with E-state index < -0.39 is 47.4 Å². The third kappa shape index (κ3) is 9.03. The van der Waals surface area contributed by atoms with Gasteiger partial charge in [-0.3, -0.25) is 39.5 Å². The van der Waals surface area contributed by atoms with Gasteiger partial charge in [0.05, 0.1) is 35.9 Å². The molecule has 2 aliphatic carbocycles. The number of anilines is 3. The highest BCUT2D eigenvalue weighted by molar-refractivity contribution is 7.13. The third-order valence-corrected chi connectivity index (χ3v) is 16.5. The number of aryl methyl sites for hydroxylation is 1. The summed E-state index contributed by atoms with van der Waals surface area (Å²) >= 11 is 1.31. The Morgan fingerprint density at radius 1 is 0.955 bits per heavy atom. The zero-order chi connectivity index (χ0) is 45.7. The minimum Gasteiger partial charge on any atom is -0.389 e. The van der Waals surface area contributed by atoms with Crippen LogP contribution in [0.25, 0.3) is 0 Å². The second-order valence-electron chi connectivity index (χ2n) is 19.7. The smallest absolute Gasteiger partial charge is 0.255 e. The number of imidazole rings is 1. The number of carbonyl (C=O) groups excluding carboxylic acids is 5. The van der Waals surface area contributed by atoms with Crippen LogP contribution >= 0.6 is 11.3 Å². The molecule has 5 aliphatic heterocycles. The lowest BCUT2D eigenvalue weighted by Gasteiger charge is -2.45. The second kappa shape index (κ2) is 18.5. The van der Waals surface area contributed by atoms with Crippen molar-refractivity contribution >= 4 is 57.5 Å². The number of carbonyl (C=O) groups is 5.